The Labute approximate surface area is 243 Å². The predicted octanol–water partition coefficient (Wildman–Crippen LogP) is 5.98. The zero-order chi connectivity index (χ0) is 29.7. The average molecular weight is 562 g/mol. The summed E-state index contributed by atoms with van der Waals surface area (Å²) < 4.78 is 12.2. The van der Waals surface area contributed by atoms with Crippen LogP contribution in [0.15, 0.2) is 24.3 Å². The van der Waals surface area contributed by atoms with Crippen molar-refractivity contribution in [3.8, 4) is 11.4 Å². The summed E-state index contributed by atoms with van der Waals surface area (Å²) in [5.74, 6) is 2.03. The van der Waals surface area contributed by atoms with Crippen molar-refractivity contribution in [3.63, 3.8) is 0 Å². The van der Waals surface area contributed by atoms with Crippen LogP contribution in [-0.2, 0) is 32.0 Å². The summed E-state index contributed by atoms with van der Waals surface area (Å²) in [6.07, 6.45) is 3.10. The number of esters is 2. The maximum atomic E-state index is 12.5. The van der Waals surface area contributed by atoms with Crippen LogP contribution in [0.2, 0.25) is 0 Å². The number of H-pyrrole nitrogens is 1. The van der Waals surface area contributed by atoms with Gasteiger partial charge in [-0.1, -0.05) is 50.6 Å². The number of carbonyl (C=O) groups is 2. The number of nitrogens with one attached hydrogen (secondary N) is 1. The second-order valence-electron chi connectivity index (χ2n) is 11.6. The van der Waals surface area contributed by atoms with Crippen LogP contribution in [0.5, 0.6) is 0 Å². The molecule has 0 bridgehead atoms. The van der Waals surface area contributed by atoms with E-state index >= 15 is 0 Å². The van der Waals surface area contributed by atoms with Crippen molar-refractivity contribution in [1.29, 1.82) is 0 Å². The Hall–Kier alpha value is -3.64. The van der Waals surface area contributed by atoms with Gasteiger partial charge >= 0.3 is 11.9 Å². The molecule has 0 spiro atoms. The second kappa shape index (κ2) is 13.3. The van der Waals surface area contributed by atoms with Crippen molar-refractivity contribution < 1.29 is 19.1 Å². The van der Waals surface area contributed by atoms with Gasteiger partial charge in [-0.3, -0.25) is 24.1 Å². The largest absolute Gasteiger partial charge is 0.465 e. The minimum Gasteiger partial charge on any atom is -0.465 e. The van der Waals surface area contributed by atoms with Crippen LogP contribution in [0.4, 0.5) is 5.69 Å². The standard InChI is InChI=1S/C32H43N5O4/c1-8-40-28(38)18-36(19-29(39)41-9-2)17-27-30(33-7)26(16-25-22(5)14-21(4)15-23(25)6)32-34-31(35-37(27)32)24-12-10-20(3)11-13-24/h10-13,21-23,25H,8-9,14-19H2,1-6H3,(H,34,35). The molecule has 0 aliphatic heterocycles. The van der Waals surface area contributed by atoms with Gasteiger partial charge in [-0.25, -0.2) is 9.83 Å². The Morgan fingerprint density at radius 1 is 1.05 bits per heavy atom. The van der Waals surface area contributed by atoms with Gasteiger partial charge in [0, 0.05) is 17.7 Å². The first-order chi connectivity index (χ1) is 19.6. The molecule has 2 aromatic heterocycles. The van der Waals surface area contributed by atoms with Crippen LogP contribution >= 0.6 is 0 Å². The van der Waals surface area contributed by atoms with E-state index in [4.69, 9.17) is 21.0 Å². The van der Waals surface area contributed by atoms with E-state index in [2.05, 4.69) is 30.7 Å². The third kappa shape index (κ3) is 6.99. The number of carbonyl (C=O) groups excluding carboxylic acids is 2. The number of benzene rings is 1. The van der Waals surface area contributed by atoms with Gasteiger partial charge in [0.15, 0.2) is 5.82 Å². The number of aromatic nitrogens is 3. The molecule has 0 amide bonds. The van der Waals surface area contributed by atoms with Crippen molar-refractivity contribution in [1.82, 2.24) is 19.5 Å². The van der Waals surface area contributed by atoms with E-state index in [1.54, 1.807) is 18.7 Å². The highest BCUT2D eigenvalue weighted by molar-refractivity contribution is 5.76. The van der Waals surface area contributed by atoms with Crippen LogP contribution in [0.25, 0.3) is 21.9 Å². The van der Waals surface area contributed by atoms with Crippen LogP contribution in [0.3, 0.4) is 0 Å². The summed E-state index contributed by atoms with van der Waals surface area (Å²) in [6, 6.07) is 8.16. The normalized spacial score (nSPS) is 20.7. The van der Waals surface area contributed by atoms with Crippen molar-refractivity contribution in [3.05, 3.63) is 52.5 Å². The van der Waals surface area contributed by atoms with Crippen LogP contribution in [0, 0.1) is 37.2 Å². The maximum Gasteiger partial charge on any atom is 0.320 e. The third-order valence-corrected chi connectivity index (χ3v) is 8.32. The number of hydrogen-bond donors (Lipinski definition) is 1. The molecule has 2 unspecified atom stereocenters. The summed E-state index contributed by atoms with van der Waals surface area (Å²) in [4.78, 5) is 35.7. The van der Waals surface area contributed by atoms with Gasteiger partial charge in [0.2, 0.25) is 5.69 Å². The molecule has 2 heterocycles. The Kier molecular flexibility index (Phi) is 9.87. The SMILES string of the molecule is [C-]#[N+]c1c(CC2C(C)CC(C)CC2C)c2nc(-c3ccc(C)cc3)[nH]n2c1CN(CC(=O)OCC)CC(=O)OCC. The molecule has 9 heteroatoms. The number of aromatic amines is 1. The second-order valence-corrected chi connectivity index (χ2v) is 11.6. The minimum atomic E-state index is -0.432. The molecule has 1 saturated carbocycles. The van der Waals surface area contributed by atoms with Gasteiger partial charge in [0.1, 0.15) is 5.65 Å². The zero-order valence-electron chi connectivity index (χ0n) is 25.2. The Morgan fingerprint density at radius 2 is 1.63 bits per heavy atom. The lowest BCUT2D eigenvalue weighted by molar-refractivity contribution is -0.148. The lowest BCUT2D eigenvalue weighted by atomic mass is 9.67. The lowest BCUT2D eigenvalue weighted by Crippen LogP contribution is -2.36. The van der Waals surface area contributed by atoms with Crippen LogP contribution in [-0.4, -0.2) is 57.7 Å². The highest BCUT2D eigenvalue weighted by atomic mass is 16.5. The first-order valence-electron chi connectivity index (χ1n) is 14.7. The molecular formula is C32H43N5O4. The molecule has 1 N–H and O–H groups in total. The number of nitrogens with zero attached hydrogens (tertiary/aromatic N) is 4. The van der Waals surface area contributed by atoms with Gasteiger partial charge in [-0.2, -0.15) is 0 Å². The summed E-state index contributed by atoms with van der Waals surface area (Å²) in [5.41, 5.74) is 4.97. The van der Waals surface area contributed by atoms with Crippen LogP contribution < -0.4 is 0 Å². The lowest BCUT2D eigenvalue weighted by Gasteiger charge is -2.38. The molecule has 1 aliphatic carbocycles. The molecule has 3 aromatic rings. The molecular weight excluding hydrogens is 518 g/mol. The Morgan fingerprint density at radius 3 is 2.17 bits per heavy atom. The molecule has 1 aromatic carbocycles. The van der Waals surface area contributed by atoms with Crippen molar-refractivity contribution in [2.45, 2.75) is 67.3 Å². The summed E-state index contributed by atoms with van der Waals surface area (Å²) in [5, 5.41) is 3.43. The van der Waals surface area contributed by atoms with E-state index in [1.165, 1.54) is 12.8 Å². The monoisotopic (exact) mass is 561 g/mol. The molecule has 9 nitrogen and oxygen atoms in total. The summed E-state index contributed by atoms with van der Waals surface area (Å²) in [6.45, 7) is 21.2. The van der Waals surface area contributed by atoms with Crippen molar-refractivity contribution in [2.75, 3.05) is 26.3 Å². The summed E-state index contributed by atoms with van der Waals surface area (Å²) in [7, 11) is 0. The third-order valence-electron chi connectivity index (χ3n) is 8.32. The molecule has 1 fully saturated rings. The molecule has 0 radical (unpaired) electrons. The zero-order valence-corrected chi connectivity index (χ0v) is 25.2. The van der Waals surface area contributed by atoms with E-state index in [0.717, 1.165) is 28.8 Å². The van der Waals surface area contributed by atoms with E-state index < -0.39 is 11.9 Å². The van der Waals surface area contributed by atoms with Crippen molar-refractivity contribution in [2.24, 2.45) is 23.7 Å². The van der Waals surface area contributed by atoms with E-state index in [0.29, 0.717) is 40.9 Å². The fourth-order valence-electron chi connectivity index (χ4n) is 6.50. The number of fused-ring (bicyclic) bond motifs is 1. The predicted molar refractivity (Wildman–Crippen MR) is 158 cm³/mol. The summed E-state index contributed by atoms with van der Waals surface area (Å²) >= 11 is 0. The van der Waals surface area contributed by atoms with Gasteiger partial charge in [-0.05, 0) is 63.7 Å². The number of ether oxygens (including phenoxy) is 2. The van der Waals surface area contributed by atoms with Crippen LogP contribution in [0.1, 0.15) is 64.3 Å². The molecule has 0 saturated heterocycles. The van der Waals surface area contributed by atoms with Gasteiger partial charge in [0.05, 0.1) is 38.6 Å². The Balaban J connectivity index is 1.80. The highest BCUT2D eigenvalue weighted by Gasteiger charge is 2.34. The number of rotatable bonds is 11. The Bertz CT molecular complexity index is 1370. The van der Waals surface area contributed by atoms with E-state index in [-0.39, 0.29) is 32.8 Å². The number of aryl methyl sites for hydroxylation is 1. The quantitative estimate of drug-likeness (QED) is 0.229. The molecule has 1 aliphatic rings. The maximum absolute atomic E-state index is 12.5. The van der Waals surface area contributed by atoms with Gasteiger partial charge < -0.3 is 9.47 Å². The first-order valence-corrected chi connectivity index (χ1v) is 14.7. The average Bonchev–Trinajstić information content (AvgIpc) is 3.44. The molecule has 220 valence electrons. The minimum absolute atomic E-state index is 0.0970. The van der Waals surface area contributed by atoms with Crippen molar-refractivity contribution >= 4 is 23.3 Å². The van der Waals surface area contributed by atoms with E-state index in [9.17, 15) is 9.59 Å². The van der Waals surface area contributed by atoms with Gasteiger partial charge in [0.25, 0.3) is 0 Å². The smallest absolute Gasteiger partial charge is 0.320 e. The topological polar surface area (TPSA) is 93.3 Å². The fourth-order valence-corrected chi connectivity index (χ4v) is 6.50. The highest BCUT2D eigenvalue weighted by Crippen LogP contribution is 2.43. The molecule has 41 heavy (non-hydrogen) atoms. The van der Waals surface area contributed by atoms with Gasteiger partial charge in [-0.15, -0.1) is 0 Å². The number of hydrogen-bond acceptors (Lipinski definition) is 6. The molecule has 2 atom stereocenters. The van der Waals surface area contributed by atoms with E-state index in [1.807, 2.05) is 35.7 Å². The molecule has 4 rings (SSSR count). The fraction of sp³-hybridized carbons (Fsp3) is 0.562. The first kappa shape index (κ1) is 30.3.